The second-order valence-corrected chi connectivity index (χ2v) is 13.2. The fourth-order valence-electron chi connectivity index (χ4n) is 7.26. The molecule has 5 fully saturated rings. The first-order chi connectivity index (χ1) is 20.9. The molecule has 5 aliphatic rings. The number of hydrogen-bond acceptors (Lipinski definition) is 17. The van der Waals surface area contributed by atoms with E-state index in [4.69, 9.17) is 46.6 Å². The van der Waals surface area contributed by atoms with E-state index in [9.17, 15) is 30.6 Å². The number of hydrogen-bond donors (Lipinski definition) is 12. The molecule has 3 saturated heterocycles. The molecular weight excluding hydrogens is 584 g/mol. The van der Waals surface area contributed by atoms with Crippen molar-refractivity contribution < 1.29 is 54.3 Å². The molecule has 5 rings (SSSR count). The topological polar surface area (TPSA) is 296 Å². The first-order valence-electron chi connectivity index (χ1n) is 15.6. The van der Waals surface area contributed by atoms with E-state index in [2.05, 4.69) is 10.6 Å². The number of aliphatic hydroxyl groups is 6. The Morgan fingerprint density at radius 3 is 2.11 bits per heavy atom. The van der Waals surface area contributed by atoms with Crippen LogP contribution in [0.5, 0.6) is 0 Å². The van der Waals surface area contributed by atoms with Gasteiger partial charge in [-0.2, -0.15) is 0 Å². The maximum absolute atomic E-state index is 11.3. The van der Waals surface area contributed by atoms with E-state index >= 15 is 0 Å². The van der Waals surface area contributed by atoms with E-state index in [0.29, 0.717) is 6.54 Å². The van der Waals surface area contributed by atoms with Crippen molar-refractivity contribution >= 4 is 0 Å². The fourth-order valence-corrected chi connectivity index (χ4v) is 7.26. The lowest BCUT2D eigenvalue weighted by Gasteiger charge is -2.51. The number of rotatable bonds is 9. The van der Waals surface area contributed by atoms with Crippen LogP contribution in [-0.2, 0) is 23.7 Å². The molecule has 17 nitrogen and oxygen atoms in total. The number of fused-ring (bicyclic) bond motifs is 1. The molecule has 17 atom stereocenters. The van der Waals surface area contributed by atoms with Crippen molar-refractivity contribution in [1.29, 1.82) is 0 Å². The van der Waals surface area contributed by atoms with Gasteiger partial charge in [-0.15, -0.1) is 0 Å². The van der Waals surface area contributed by atoms with Crippen LogP contribution >= 0.6 is 0 Å². The minimum Gasteiger partial charge on any atom is -0.394 e. The van der Waals surface area contributed by atoms with Crippen LogP contribution < -0.4 is 33.6 Å². The molecule has 0 radical (unpaired) electrons. The second kappa shape index (κ2) is 14.2. The summed E-state index contributed by atoms with van der Waals surface area (Å²) in [6.07, 6.45) is -9.85. The highest BCUT2D eigenvalue weighted by Gasteiger charge is 2.54. The van der Waals surface area contributed by atoms with Crippen molar-refractivity contribution in [2.24, 2.45) is 22.9 Å². The highest BCUT2D eigenvalue weighted by atomic mass is 16.8. The Morgan fingerprint density at radius 1 is 0.750 bits per heavy atom. The summed E-state index contributed by atoms with van der Waals surface area (Å²) in [6.45, 7) is -0.0695. The van der Waals surface area contributed by atoms with Crippen molar-refractivity contribution in [3.05, 3.63) is 0 Å². The first kappa shape index (κ1) is 34.6. The van der Waals surface area contributed by atoms with Gasteiger partial charge in [0.05, 0.1) is 36.9 Å². The second-order valence-electron chi connectivity index (χ2n) is 13.2. The van der Waals surface area contributed by atoms with Crippen LogP contribution in [0.25, 0.3) is 0 Å². The normalized spacial score (nSPS) is 51.2. The van der Waals surface area contributed by atoms with Gasteiger partial charge < -0.3 is 87.9 Å². The SMILES string of the molecule is CNC1C(O[C@H]2OC(CO)[C@@H](NCC3(N)CCCC3)C(O)C2O)O[C@H]2CC(N)[C@@H](O[C@@H]3C(N)C[C@@H](N)C(O)C3O)OC2C1O. The summed E-state index contributed by atoms with van der Waals surface area (Å²) in [5, 5.41) is 70.2. The summed E-state index contributed by atoms with van der Waals surface area (Å²) < 4.78 is 30.0. The summed E-state index contributed by atoms with van der Waals surface area (Å²) in [7, 11) is 1.58. The highest BCUT2D eigenvalue weighted by Crippen LogP contribution is 2.36. The van der Waals surface area contributed by atoms with Crippen LogP contribution in [0, 0.1) is 0 Å². The summed E-state index contributed by atoms with van der Waals surface area (Å²) in [4.78, 5) is 0. The first-order valence-corrected chi connectivity index (χ1v) is 15.6. The number of nitrogens with one attached hydrogen (secondary N) is 2. The molecule has 256 valence electrons. The van der Waals surface area contributed by atoms with E-state index in [-0.39, 0.29) is 12.8 Å². The van der Waals surface area contributed by atoms with E-state index in [1.807, 2.05) is 0 Å². The van der Waals surface area contributed by atoms with Crippen LogP contribution in [0.2, 0.25) is 0 Å². The van der Waals surface area contributed by atoms with Crippen LogP contribution in [0.1, 0.15) is 38.5 Å². The zero-order valence-electron chi connectivity index (χ0n) is 25.0. The van der Waals surface area contributed by atoms with Gasteiger partial charge in [-0.3, -0.25) is 0 Å². The molecule has 16 N–H and O–H groups in total. The van der Waals surface area contributed by atoms with Gasteiger partial charge >= 0.3 is 0 Å². The monoisotopic (exact) mass is 636 g/mol. The molecule has 0 aromatic rings. The third kappa shape index (κ3) is 6.95. The van der Waals surface area contributed by atoms with Crippen molar-refractivity contribution in [2.45, 2.75) is 148 Å². The Labute approximate surface area is 256 Å². The van der Waals surface area contributed by atoms with Gasteiger partial charge in [-0.25, -0.2) is 0 Å². The Hall–Kier alpha value is -0.680. The molecule has 0 aromatic heterocycles. The van der Waals surface area contributed by atoms with Crippen molar-refractivity contribution in [2.75, 3.05) is 20.2 Å². The van der Waals surface area contributed by atoms with Gasteiger partial charge in [-0.1, -0.05) is 12.8 Å². The van der Waals surface area contributed by atoms with Crippen LogP contribution in [0.15, 0.2) is 0 Å². The average Bonchev–Trinajstić information content (AvgIpc) is 3.42. The molecule has 3 heterocycles. The maximum atomic E-state index is 11.3. The molecule has 0 aromatic carbocycles. The molecule has 2 aliphatic carbocycles. The summed E-state index contributed by atoms with van der Waals surface area (Å²) >= 11 is 0. The molecular formula is C27H52N6O11. The lowest BCUT2D eigenvalue weighted by Crippen LogP contribution is -2.70. The molecule has 0 spiro atoms. The maximum Gasteiger partial charge on any atom is 0.189 e. The molecule has 44 heavy (non-hydrogen) atoms. The average molecular weight is 637 g/mol. The van der Waals surface area contributed by atoms with E-state index in [1.165, 1.54) is 0 Å². The zero-order chi connectivity index (χ0) is 31.9. The molecule has 0 amide bonds. The largest absolute Gasteiger partial charge is 0.394 e. The third-order valence-electron chi connectivity index (χ3n) is 9.98. The molecule has 17 heteroatoms. The third-order valence-corrected chi connectivity index (χ3v) is 9.98. The molecule has 0 bridgehead atoms. The van der Waals surface area contributed by atoms with Gasteiger partial charge in [0, 0.05) is 24.2 Å². The zero-order valence-corrected chi connectivity index (χ0v) is 25.0. The predicted octanol–water partition coefficient (Wildman–Crippen LogP) is -6.05. The smallest absolute Gasteiger partial charge is 0.189 e. The lowest BCUT2D eigenvalue weighted by atomic mass is 9.84. The Morgan fingerprint density at radius 2 is 1.45 bits per heavy atom. The quantitative estimate of drug-likeness (QED) is 0.112. The van der Waals surface area contributed by atoms with Crippen molar-refractivity contribution in [3.8, 4) is 0 Å². The Kier molecular flexibility index (Phi) is 11.2. The summed E-state index contributed by atoms with van der Waals surface area (Å²) in [5.74, 6) is 0. The van der Waals surface area contributed by atoms with Crippen LogP contribution in [0.4, 0.5) is 0 Å². The minimum absolute atomic E-state index is 0.158. The lowest BCUT2D eigenvalue weighted by molar-refractivity contribution is -0.373. The molecule has 3 aliphatic heterocycles. The van der Waals surface area contributed by atoms with Crippen LogP contribution in [0.3, 0.4) is 0 Å². The Balaban J connectivity index is 1.21. The van der Waals surface area contributed by atoms with E-state index < -0.39 is 116 Å². The summed E-state index contributed by atoms with van der Waals surface area (Å²) in [5.41, 5.74) is 24.4. The standard InChI is InChI=1S/C27H52N6O11/c1-32-16-19(37)23-13(7-12(30)24(43-23)42-22-11(29)6-10(28)17(35)20(22)38)40-25(16)44-26-21(39)18(36)15(14(8-34)41-26)33-9-27(31)4-2-3-5-27/h10-26,32-39H,2-9,28-31H2,1H3/t10-,11?,12?,13+,14?,15-,16?,17?,18?,19?,20?,21?,22-,23?,24+,25?,26-/m1/s1. The number of ether oxygens (including phenoxy) is 5. The van der Waals surface area contributed by atoms with Gasteiger partial charge in [0.25, 0.3) is 0 Å². The van der Waals surface area contributed by atoms with Gasteiger partial charge in [0.2, 0.25) is 0 Å². The number of aliphatic hydroxyl groups excluding tert-OH is 6. The highest BCUT2D eigenvalue weighted by molar-refractivity contribution is 5.02. The van der Waals surface area contributed by atoms with Crippen molar-refractivity contribution in [1.82, 2.24) is 10.6 Å². The number of likely N-dealkylation sites (N-methyl/N-ethyl adjacent to an activating group) is 1. The molecule has 2 saturated carbocycles. The van der Waals surface area contributed by atoms with Crippen LogP contribution in [-0.4, -0.2) is 160 Å². The van der Waals surface area contributed by atoms with E-state index in [0.717, 1.165) is 25.7 Å². The van der Waals surface area contributed by atoms with E-state index in [1.54, 1.807) is 7.05 Å². The van der Waals surface area contributed by atoms with Gasteiger partial charge in [0.1, 0.15) is 42.7 Å². The predicted molar refractivity (Wildman–Crippen MR) is 152 cm³/mol. The molecule has 11 unspecified atom stereocenters. The summed E-state index contributed by atoms with van der Waals surface area (Å²) in [6, 6.07) is -3.83. The van der Waals surface area contributed by atoms with Crippen molar-refractivity contribution in [3.63, 3.8) is 0 Å². The number of nitrogens with two attached hydrogens (primary N) is 4. The minimum atomic E-state index is -1.51. The fraction of sp³-hybridized carbons (Fsp3) is 1.00. The van der Waals surface area contributed by atoms with Gasteiger partial charge in [0.15, 0.2) is 18.9 Å². The van der Waals surface area contributed by atoms with Gasteiger partial charge in [-0.05, 0) is 32.7 Å². The Bertz CT molecular complexity index is 935.